The first kappa shape index (κ1) is 25.1. The van der Waals surface area contributed by atoms with Crippen molar-refractivity contribution in [3.05, 3.63) is 17.8 Å². The summed E-state index contributed by atoms with van der Waals surface area (Å²) in [6, 6.07) is 1.57. The van der Waals surface area contributed by atoms with Gasteiger partial charge in [-0.3, -0.25) is 29.2 Å². The average molecular weight is 481 g/mol. The first-order valence-corrected chi connectivity index (χ1v) is 10.9. The van der Waals surface area contributed by atoms with Crippen molar-refractivity contribution < 1.29 is 47.6 Å². The molecule has 0 aliphatic carbocycles. The second-order valence-electron chi connectivity index (χ2n) is 7.40. The minimum Gasteiger partial charge on any atom is -0.466 e. The highest BCUT2D eigenvalue weighted by molar-refractivity contribution is 5.78. The van der Waals surface area contributed by atoms with E-state index in [0.717, 1.165) is 0 Å². The van der Waals surface area contributed by atoms with E-state index in [2.05, 4.69) is 4.98 Å². The molecule has 3 heterocycles. The van der Waals surface area contributed by atoms with Crippen molar-refractivity contribution in [2.75, 3.05) is 19.8 Å². The highest BCUT2D eigenvalue weighted by atomic mass is 16.7. The third kappa shape index (κ3) is 6.31. The molecule has 0 bridgehead atoms. The van der Waals surface area contributed by atoms with Gasteiger partial charge in [0.25, 0.3) is 0 Å². The number of hydrogen-bond acceptors (Lipinski definition) is 12. The summed E-state index contributed by atoms with van der Waals surface area (Å²) in [7, 11) is 0. The normalized spacial score (nSPS) is 22.2. The van der Waals surface area contributed by atoms with E-state index in [1.165, 1.54) is 6.07 Å². The summed E-state index contributed by atoms with van der Waals surface area (Å²) < 4.78 is 33.6. The number of hydrogen-bond donors (Lipinski definition) is 1. The molecule has 186 valence electrons. The summed E-state index contributed by atoms with van der Waals surface area (Å²) in [6.45, 7) is 3.48. The molecule has 1 fully saturated rings. The van der Waals surface area contributed by atoms with Crippen molar-refractivity contribution in [3.8, 4) is 6.01 Å². The Bertz CT molecular complexity index is 978. The van der Waals surface area contributed by atoms with E-state index in [1.807, 2.05) is 0 Å². The molecular formula is C21H27N3O10. The molecule has 0 unspecified atom stereocenters. The van der Waals surface area contributed by atoms with Gasteiger partial charge in [0, 0.05) is 6.20 Å². The SMILES string of the molecule is CCOC(=O)CCC(=O)OC[C@H]1O[C@@H]2[C@H](Oc3nc(=N)ccn32)[C@@H]1OC(=O)CCC(=O)OCC. The monoisotopic (exact) mass is 481 g/mol. The molecule has 0 saturated carbocycles. The summed E-state index contributed by atoms with van der Waals surface area (Å²) in [5.41, 5.74) is -0.0127. The van der Waals surface area contributed by atoms with Crippen LogP contribution < -0.4 is 10.2 Å². The van der Waals surface area contributed by atoms with Gasteiger partial charge in [0.15, 0.2) is 23.9 Å². The fourth-order valence-electron chi connectivity index (χ4n) is 3.48. The van der Waals surface area contributed by atoms with Crippen LogP contribution in [0.1, 0.15) is 45.8 Å². The van der Waals surface area contributed by atoms with Gasteiger partial charge in [0.05, 0.1) is 38.9 Å². The number of nitrogens with zero attached hydrogens (tertiary/aromatic N) is 2. The molecule has 2 aliphatic rings. The summed E-state index contributed by atoms with van der Waals surface area (Å²) in [6.07, 6.45) is -2.48. The van der Waals surface area contributed by atoms with Crippen LogP contribution in [0.3, 0.4) is 0 Å². The van der Waals surface area contributed by atoms with Crippen LogP contribution in [-0.4, -0.2) is 71.6 Å². The van der Waals surface area contributed by atoms with Gasteiger partial charge in [-0.1, -0.05) is 0 Å². The van der Waals surface area contributed by atoms with Gasteiger partial charge in [-0.25, -0.2) is 0 Å². The fraction of sp³-hybridized carbons (Fsp3) is 0.619. The van der Waals surface area contributed by atoms with E-state index in [1.54, 1.807) is 24.6 Å². The number of rotatable bonds is 11. The second kappa shape index (κ2) is 11.6. The third-order valence-corrected chi connectivity index (χ3v) is 4.98. The number of carbonyl (C=O) groups excluding carboxylic acids is 4. The Hall–Kier alpha value is -3.48. The van der Waals surface area contributed by atoms with Crippen LogP contribution in [0.2, 0.25) is 0 Å². The Balaban J connectivity index is 1.63. The van der Waals surface area contributed by atoms with E-state index < -0.39 is 48.4 Å². The Labute approximate surface area is 194 Å². The van der Waals surface area contributed by atoms with Gasteiger partial charge in [-0.15, -0.1) is 0 Å². The van der Waals surface area contributed by atoms with Gasteiger partial charge in [0.2, 0.25) is 0 Å². The minimum absolute atomic E-state index is 0.0127. The molecular weight excluding hydrogens is 454 g/mol. The molecule has 0 amide bonds. The Kier molecular flexibility index (Phi) is 8.57. The van der Waals surface area contributed by atoms with Crippen molar-refractivity contribution in [2.24, 2.45) is 0 Å². The zero-order valence-corrected chi connectivity index (χ0v) is 18.9. The molecule has 3 rings (SSSR count). The molecule has 2 aliphatic heterocycles. The standard InChI is InChI=1S/C21H27N3O10/c1-3-29-14(25)5-6-16(27)31-11-12-18(33-17(28)8-7-15(26)30-4-2)19-20(32-12)24-10-9-13(22)23-21(24)34-19/h9-10,12,18-20,22H,3-8,11H2,1-2H3/t12-,18-,19-,20-/m1/s1. The quantitative estimate of drug-likeness (QED) is 0.338. The summed E-state index contributed by atoms with van der Waals surface area (Å²) >= 11 is 0. The van der Waals surface area contributed by atoms with Crippen molar-refractivity contribution in [1.82, 2.24) is 9.55 Å². The first-order chi connectivity index (χ1) is 16.3. The highest BCUT2D eigenvalue weighted by Crippen LogP contribution is 2.40. The molecule has 1 saturated heterocycles. The third-order valence-electron chi connectivity index (χ3n) is 4.98. The molecule has 4 atom stereocenters. The number of carbonyl (C=O) groups is 4. The summed E-state index contributed by atoms with van der Waals surface area (Å²) in [5.74, 6) is -2.36. The summed E-state index contributed by atoms with van der Waals surface area (Å²) in [4.78, 5) is 51.4. The first-order valence-electron chi connectivity index (χ1n) is 10.9. The molecule has 13 heteroatoms. The molecule has 0 spiro atoms. The van der Waals surface area contributed by atoms with E-state index in [-0.39, 0.29) is 57.0 Å². The van der Waals surface area contributed by atoms with Gasteiger partial charge in [-0.05, 0) is 19.9 Å². The largest absolute Gasteiger partial charge is 0.466 e. The number of nitrogens with one attached hydrogen (secondary N) is 1. The molecule has 1 aromatic rings. The van der Waals surface area contributed by atoms with Crippen LogP contribution >= 0.6 is 0 Å². The van der Waals surface area contributed by atoms with Gasteiger partial charge in [0.1, 0.15) is 12.7 Å². The topological polar surface area (TPSA) is 165 Å². The molecule has 34 heavy (non-hydrogen) atoms. The Morgan fingerprint density at radius 1 is 0.971 bits per heavy atom. The number of esters is 4. The van der Waals surface area contributed by atoms with Crippen LogP contribution in [-0.2, 0) is 42.9 Å². The van der Waals surface area contributed by atoms with Crippen LogP contribution in [0.4, 0.5) is 0 Å². The number of ether oxygens (including phenoxy) is 6. The maximum Gasteiger partial charge on any atom is 0.306 e. The molecule has 0 aromatic carbocycles. The van der Waals surface area contributed by atoms with Crippen LogP contribution in [0.15, 0.2) is 12.3 Å². The lowest BCUT2D eigenvalue weighted by Gasteiger charge is -2.22. The fourth-order valence-corrected chi connectivity index (χ4v) is 3.48. The van der Waals surface area contributed by atoms with Gasteiger partial charge in [-0.2, -0.15) is 4.98 Å². The lowest BCUT2D eigenvalue weighted by molar-refractivity contribution is -0.163. The second-order valence-corrected chi connectivity index (χ2v) is 7.40. The molecule has 1 N–H and O–H groups in total. The lowest BCUT2D eigenvalue weighted by Crippen LogP contribution is -2.40. The van der Waals surface area contributed by atoms with Crippen molar-refractivity contribution in [3.63, 3.8) is 0 Å². The zero-order chi connectivity index (χ0) is 24.7. The predicted octanol–water partition coefficient (Wildman–Crippen LogP) is 0.163. The highest BCUT2D eigenvalue weighted by Gasteiger charge is 2.54. The van der Waals surface area contributed by atoms with E-state index in [9.17, 15) is 19.2 Å². The van der Waals surface area contributed by atoms with Gasteiger partial charge >= 0.3 is 29.9 Å². The average Bonchev–Trinajstić information content (AvgIpc) is 3.30. The van der Waals surface area contributed by atoms with Crippen molar-refractivity contribution >= 4 is 23.9 Å². The van der Waals surface area contributed by atoms with E-state index in [0.29, 0.717) is 0 Å². The lowest BCUT2D eigenvalue weighted by atomic mass is 10.1. The molecule has 0 radical (unpaired) electrons. The van der Waals surface area contributed by atoms with Crippen LogP contribution in [0.25, 0.3) is 0 Å². The maximum absolute atomic E-state index is 12.4. The van der Waals surface area contributed by atoms with E-state index in [4.69, 9.17) is 33.8 Å². The Morgan fingerprint density at radius 3 is 2.18 bits per heavy atom. The van der Waals surface area contributed by atoms with Crippen molar-refractivity contribution in [1.29, 1.82) is 5.41 Å². The zero-order valence-electron chi connectivity index (χ0n) is 18.9. The molecule has 1 aromatic heterocycles. The Morgan fingerprint density at radius 2 is 1.56 bits per heavy atom. The number of fused-ring (bicyclic) bond motifs is 3. The number of aromatic nitrogens is 2. The van der Waals surface area contributed by atoms with Gasteiger partial charge < -0.3 is 28.4 Å². The summed E-state index contributed by atoms with van der Waals surface area (Å²) in [5, 5.41) is 7.65. The predicted molar refractivity (Wildman–Crippen MR) is 109 cm³/mol. The van der Waals surface area contributed by atoms with Crippen molar-refractivity contribution in [2.45, 2.75) is 64.1 Å². The van der Waals surface area contributed by atoms with Crippen LogP contribution in [0, 0.1) is 5.41 Å². The minimum atomic E-state index is -0.978. The maximum atomic E-state index is 12.4. The molecule has 13 nitrogen and oxygen atoms in total. The van der Waals surface area contributed by atoms with Crippen LogP contribution in [0.5, 0.6) is 6.01 Å². The smallest absolute Gasteiger partial charge is 0.306 e. The van der Waals surface area contributed by atoms with E-state index >= 15 is 0 Å².